The minimum absolute atomic E-state index is 0.181. The van der Waals surface area contributed by atoms with E-state index in [1.807, 2.05) is 49.4 Å². The molecule has 0 aliphatic carbocycles. The van der Waals surface area contributed by atoms with Crippen LogP contribution in [-0.2, 0) is 6.54 Å². The van der Waals surface area contributed by atoms with Gasteiger partial charge in [-0.2, -0.15) is 9.61 Å². The molecule has 0 atom stereocenters. The predicted molar refractivity (Wildman–Crippen MR) is 104 cm³/mol. The Kier molecular flexibility index (Phi) is 3.68. The molecule has 0 aliphatic heterocycles. The summed E-state index contributed by atoms with van der Waals surface area (Å²) in [6.07, 6.45) is 4.92. The molecule has 0 amide bonds. The molecule has 5 aromatic rings. The zero-order valence-corrected chi connectivity index (χ0v) is 15.0. The molecule has 5 rings (SSSR count). The van der Waals surface area contributed by atoms with E-state index in [9.17, 15) is 4.79 Å². The van der Waals surface area contributed by atoms with Crippen molar-refractivity contribution in [3.8, 4) is 11.1 Å². The van der Waals surface area contributed by atoms with E-state index in [4.69, 9.17) is 0 Å². The second kappa shape index (κ2) is 6.34. The number of pyridine rings is 1. The Hall–Kier alpha value is -3.94. The van der Waals surface area contributed by atoms with Gasteiger partial charge in [-0.3, -0.25) is 14.3 Å². The summed E-state index contributed by atoms with van der Waals surface area (Å²) in [4.78, 5) is 21.4. The van der Waals surface area contributed by atoms with Crippen LogP contribution in [0.1, 0.15) is 11.3 Å². The normalized spacial score (nSPS) is 11.3. The standard InChI is InChI=1S/C20H15N7O/c1-13-16(15-7-3-2-4-8-15)18-24-23-17-19(27(18)25-13)22-12-26(20(17)28)11-14-6-5-9-21-10-14/h2-10,12H,11H2,1H3. The molecule has 0 aliphatic rings. The lowest BCUT2D eigenvalue weighted by Gasteiger charge is -2.06. The summed E-state index contributed by atoms with van der Waals surface area (Å²) in [6.45, 7) is 2.27. The van der Waals surface area contributed by atoms with E-state index in [0.29, 0.717) is 17.8 Å². The van der Waals surface area contributed by atoms with Gasteiger partial charge in [0.2, 0.25) is 0 Å². The number of aromatic nitrogens is 7. The van der Waals surface area contributed by atoms with Gasteiger partial charge in [-0.25, -0.2) is 4.98 Å². The van der Waals surface area contributed by atoms with Crippen LogP contribution in [0, 0.1) is 6.92 Å². The molecule has 4 heterocycles. The molecule has 0 N–H and O–H groups in total. The number of aryl methyl sites for hydroxylation is 1. The zero-order chi connectivity index (χ0) is 19.1. The van der Waals surface area contributed by atoms with Gasteiger partial charge in [0.15, 0.2) is 16.8 Å². The second-order valence-corrected chi connectivity index (χ2v) is 6.47. The maximum Gasteiger partial charge on any atom is 0.283 e. The van der Waals surface area contributed by atoms with Gasteiger partial charge in [0.1, 0.15) is 6.33 Å². The van der Waals surface area contributed by atoms with E-state index in [2.05, 4.69) is 25.3 Å². The van der Waals surface area contributed by atoms with Crippen molar-refractivity contribution in [2.75, 3.05) is 0 Å². The van der Waals surface area contributed by atoms with Crippen molar-refractivity contribution in [1.29, 1.82) is 0 Å². The summed E-state index contributed by atoms with van der Waals surface area (Å²) in [6, 6.07) is 13.6. The van der Waals surface area contributed by atoms with Crippen molar-refractivity contribution in [3.05, 3.63) is 82.8 Å². The molecule has 0 fully saturated rings. The van der Waals surface area contributed by atoms with Gasteiger partial charge in [-0.1, -0.05) is 36.4 Å². The molecule has 0 radical (unpaired) electrons. The predicted octanol–water partition coefficient (Wildman–Crippen LogP) is 2.25. The molecule has 8 nitrogen and oxygen atoms in total. The lowest BCUT2D eigenvalue weighted by molar-refractivity contribution is 0.734. The summed E-state index contributed by atoms with van der Waals surface area (Å²) in [5.41, 5.74) is 4.47. The minimum atomic E-state index is -0.266. The Morgan fingerprint density at radius 1 is 1.00 bits per heavy atom. The highest BCUT2D eigenvalue weighted by molar-refractivity contribution is 5.83. The topological polar surface area (TPSA) is 90.9 Å². The average molecular weight is 369 g/mol. The number of benzene rings is 1. The Morgan fingerprint density at radius 2 is 1.86 bits per heavy atom. The van der Waals surface area contributed by atoms with E-state index in [1.165, 1.54) is 10.9 Å². The fraction of sp³-hybridized carbons (Fsp3) is 0.100. The molecule has 28 heavy (non-hydrogen) atoms. The van der Waals surface area contributed by atoms with Crippen molar-refractivity contribution in [2.45, 2.75) is 13.5 Å². The van der Waals surface area contributed by atoms with Gasteiger partial charge in [0.05, 0.1) is 17.8 Å². The summed E-state index contributed by atoms with van der Waals surface area (Å²) in [7, 11) is 0. The number of fused-ring (bicyclic) bond motifs is 3. The molecule has 0 unspecified atom stereocenters. The molecular formula is C20H15N7O. The van der Waals surface area contributed by atoms with Crippen molar-refractivity contribution < 1.29 is 0 Å². The third kappa shape index (κ3) is 2.54. The van der Waals surface area contributed by atoms with Crippen LogP contribution < -0.4 is 5.56 Å². The number of hydrogen-bond acceptors (Lipinski definition) is 6. The maximum atomic E-state index is 12.9. The fourth-order valence-electron chi connectivity index (χ4n) is 3.31. The molecule has 0 spiro atoms. The van der Waals surface area contributed by atoms with Crippen LogP contribution in [0.5, 0.6) is 0 Å². The van der Waals surface area contributed by atoms with E-state index >= 15 is 0 Å². The SMILES string of the molecule is Cc1nn2c(nnc3c(=O)n(Cc4cccnc4)cnc32)c1-c1ccccc1. The van der Waals surface area contributed by atoms with Crippen LogP contribution in [0.4, 0.5) is 0 Å². The first kappa shape index (κ1) is 16.2. The quantitative estimate of drug-likeness (QED) is 0.484. The molecule has 0 saturated heterocycles. The third-order valence-electron chi connectivity index (χ3n) is 4.61. The fourth-order valence-corrected chi connectivity index (χ4v) is 3.31. The van der Waals surface area contributed by atoms with Crippen LogP contribution in [0.25, 0.3) is 27.9 Å². The maximum absolute atomic E-state index is 12.9. The van der Waals surface area contributed by atoms with E-state index in [0.717, 1.165) is 22.4 Å². The smallest absolute Gasteiger partial charge is 0.283 e. The van der Waals surface area contributed by atoms with Crippen LogP contribution in [-0.4, -0.2) is 34.3 Å². The van der Waals surface area contributed by atoms with Gasteiger partial charge >= 0.3 is 0 Å². The first-order valence-electron chi connectivity index (χ1n) is 8.78. The molecule has 4 aromatic heterocycles. The number of nitrogens with zero attached hydrogens (tertiary/aromatic N) is 7. The molecule has 0 saturated carbocycles. The largest absolute Gasteiger partial charge is 0.293 e. The van der Waals surface area contributed by atoms with Gasteiger partial charge in [-0.15, -0.1) is 10.2 Å². The molecule has 1 aromatic carbocycles. The first-order chi connectivity index (χ1) is 13.7. The first-order valence-corrected chi connectivity index (χ1v) is 8.78. The lowest BCUT2D eigenvalue weighted by atomic mass is 10.1. The van der Waals surface area contributed by atoms with Crippen LogP contribution in [0.15, 0.2) is 66.0 Å². The zero-order valence-electron chi connectivity index (χ0n) is 15.0. The average Bonchev–Trinajstić information content (AvgIpc) is 3.07. The Bertz CT molecular complexity index is 1360. The Balaban J connectivity index is 1.70. The van der Waals surface area contributed by atoms with Gasteiger partial charge in [0, 0.05) is 12.4 Å². The molecule has 8 heteroatoms. The van der Waals surface area contributed by atoms with Crippen molar-refractivity contribution in [2.24, 2.45) is 0 Å². The monoisotopic (exact) mass is 369 g/mol. The third-order valence-corrected chi connectivity index (χ3v) is 4.61. The van der Waals surface area contributed by atoms with E-state index in [1.54, 1.807) is 16.9 Å². The van der Waals surface area contributed by atoms with Crippen LogP contribution in [0.2, 0.25) is 0 Å². The van der Waals surface area contributed by atoms with Crippen molar-refractivity contribution in [1.82, 2.24) is 34.3 Å². The highest BCUT2D eigenvalue weighted by atomic mass is 16.1. The summed E-state index contributed by atoms with van der Waals surface area (Å²) < 4.78 is 3.09. The highest BCUT2D eigenvalue weighted by Crippen LogP contribution is 2.27. The van der Waals surface area contributed by atoms with Crippen LogP contribution >= 0.6 is 0 Å². The number of rotatable bonds is 3. The van der Waals surface area contributed by atoms with Gasteiger partial charge in [-0.05, 0) is 24.1 Å². The summed E-state index contributed by atoms with van der Waals surface area (Å²) >= 11 is 0. The summed E-state index contributed by atoms with van der Waals surface area (Å²) in [5.74, 6) is 0. The van der Waals surface area contributed by atoms with Gasteiger partial charge < -0.3 is 0 Å². The summed E-state index contributed by atoms with van der Waals surface area (Å²) in [5, 5.41) is 13.1. The second-order valence-electron chi connectivity index (χ2n) is 6.47. The van der Waals surface area contributed by atoms with Crippen molar-refractivity contribution >= 4 is 16.8 Å². The van der Waals surface area contributed by atoms with Gasteiger partial charge in [0.25, 0.3) is 5.56 Å². The van der Waals surface area contributed by atoms with Crippen LogP contribution in [0.3, 0.4) is 0 Å². The lowest BCUT2D eigenvalue weighted by Crippen LogP contribution is -2.23. The minimum Gasteiger partial charge on any atom is -0.293 e. The Morgan fingerprint density at radius 3 is 2.64 bits per heavy atom. The Labute approximate surface area is 159 Å². The van der Waals surface area contributed by atoms with E-state index < -0.39 is 0 Å². The molecular weight excluding hydrogens is 354 g/mol. The molecule has 0 bridgehead atoms. The van der Waals surface area contributed by atoms with E-state index in [-0.39, 0.29) is 11.1 Å². The number of hydrogen-bond donors (Lipinski definition) is 0. The van der Waals surface area contributed by atoms with Crippen molar-refractivity contribution in [3.63, 3.8) is 0 Å². The molecule has 136 valence electrons. The highest BCUT2D eigenvalue weighted by Gasteiger charge is 2.18.